The number of benzene rings is 2. The molecular formula is C22H22N4O3. The van der Waals surface area contributed by atoms with Gasteiger partial charge in [-0.05, 0) is 42.8 Å². The molecule has 0 atom stereocenters. The van der Waals surface area contributed by atoms with Crippen LogP contribution in [0, 0.1) is 0 Å². The topological polar surface area (TPSA) is 71.2 Å². The maximum atomic E-state index is 13.3. The zero-order valence-electron chi connectivity index (χ0n) is 16.4. The molecule has 4 rings (SSSR count). The molecule has 148 valence electrons. The largest absolute Gasteiger partial charge is 0.497 e. The lowest BCUT2D eigenvalue weighted by atomic mass is 10.2. The number of ether oxygens (including phenoxy) is 2. The van der Waals surface area contributed by atoms with Crippen molar-refractivity contribution in [3.8, 4) is 22.8 Å². The van der Waals surface area contributed by atoms with Crippen LogP contribution in [0.4, 0.5) is 0 Å². The zero-order chi connectivity index (χ0) is 20.2. The van der Waals surface area contributed by atoms with E-state index in [0.29, 0.717) is 36.4 Å². The average Bonchev–Trinajstić information content (AvgIpc) is 3.20. The average molecular weight is 390 g/mol. The predicted molar refractivity (Wildman–Crippen MR) is 112 cm³/mol. The van der Waals surface area contributed by atoms with Gasteiger partial charge in [0.15, 0.2) is 5.65 Å². The summed E-state index contributed by atoms with van der Waals surface area (Å²) in [5, 5.41) is 4.91. The molecule has 0 saturated carbocycles. The summed E-state index contributed by atoms with van der Waals surface area (Å²) in [6.07, 6.45) is 2.29. The summed E-state index contributed by atoms with van der Waals surface area (Å²) in [5.41, 5.74) is 2.12. The molecule has 0 fully saturated rings. The molecule has 0 bridgehead atoms. The van der Waals surface area contributed by atoms with Crippen molar-refractivity contribution in [2.75, 3.05) is 20.8 Å². The Morgan fingerprint density at radius 2 is 1.76 bits per heavy atom. The third-order valence-corrected chi connectivity index (χ3v) is 4.77. The van der Waals surface area contributed by atoms with Gasteiger partial charge in [-0.25, -0.2) is 9.67 Å². The van der Waals surface area contributed by atoms with Gasteiger partial charge in [0, 0.05) is 25.8 Å². The number of hydrogen-bond acceptors (Lipinski definition) is 5. The lowest BCUT2D eigenvalue weighted by molar-refractivity contribution is 0.190. The summed E-state index contributed by atoms with van der Waals surface area (Å²) >= 11 is 0. The molecule has 0 aliphatic rings. The summed E-state index contributed by atoms with van der Waals surface area (Å²) < 4.78 is 13.8. The Morgan fingerprint density at radius 1 is 1.00 bits per heavy atom. The van der Waals surface area contributed by atoms with Crippen molar-refractivity contribution in [1.29, 1.82) is 0 Å². The molecule has 0 amide bonds. The van der Waals surface area contributed by atoms with Gasteiger partial charge in [-0.1, -0.05) is 18.2 Å². The summed E-state index contributed by atoms with van der Waals surface area (Å²) in [5.74, 6) is 1.34. The van der Waals surface area contributed by atoms with Crippen LogP contribution >= 0.6 is 0 Å². The molecular weight excluding hydrogens is 368 g/mol. The number of rotatable bonds is 7. The van der Waals surface area contributed by atoms with Crippen LogP contribution < -0.4 is 10.3 Å². The maximum Gasteiger partial charge on any atom is 0.264 e. The highest BCUT2D eigenvalue weighted by molar-refractivity contribution is 5.78. The fraction of sp³-hybridized carbons (Fsp3) is 0.227. The van der Waals surface area contributed by atoms with Crippen molar-refractivity contribution in [2.45, 2.75) is 13.0 Å². The van der Waals surface area contributed by atoms with Crippen molar-refractivity contribution >= 4 is 11.0 Å². The Bertz CT molecular complexity index is 1160. The van der Waals surface area contributed by atoms with Gasteiger partial charge in [-0.2, -0.15) is 5.10 Å². The molecule has 7 nitrogen and oxygen atoms in total. The van der Waals surface area contributed by atoms with E-state index in [1.165, 1.54) is 0 Å². The Labute approximate surface area is 168 Å². The number of nitrogens with zero attached hydrogens (tertiary/aromatic N) is 4. The quantitative estimate of drug-likeness (QED) is 0.453. The molecule has 0 N–H and O–H groups in total. The number of para-hydroxylation sites is 1. The molecule has 0 aliphatic carbocycles. The van der Waals surface area contributed by atoms with Crippen LogP contribution in [0.1, 0.15) is 6.42 Å². The monoisotopic (exact) mass is 390 g/mol. The fourth-order valence-electron chi connectivity index (χ4n) is 3.30. The molecule has 0 spiro atoms. The minimum absolute atomic E-state index is 0.112. The highest BCUT2D eigenvalue weighted by Gasteiger charge is 2.17. The SMILES string of the molecule is COCCCn1c(-c2ccc(OC)cc2)nc2c(cnn2-c2ccccc2)c1=O. The third kappa shape index (κ3) is 3.64. The molecule has 0 aliphatic heterocycles. The Hall–Kier alpha value is -3.45. The second-order valence-electron chi connectivity index (χ2n) is 6.60. The smallest absolute Gasteiger partial charge is 0.264 e. The Kier molecular flexibility index (Phi) is 5.39. The van der Waals surface area contributed by atoms with Crippen LogP contribution in [0.25, 0.3) is 28.1 Å². The van der Waals surface area contributed by atoms with Gasteiger partial charge in [-0.15, -0.1) is 0 Å². The van der Waals surface area contributed by atoms with Crippen LogP contribution in [0.5, 0.6) is 5.75 Å². The number of aromatic nitrogens is 4. The van der Waals surface area contributed by atoms with E-state index < -0.39 is 0 Å². The van der Waals surface area contributed by atoms with E-state index in [1.807, 2.05) is 54.6 Å². The van der Waals surface area contributed by atoms with Crippen LogP contribution in [-0.4, -0.2) is 40.2 Å². The Balaban J connectivity index is 1.91. The van der Waals surface area contributed by atoms with E-state index >= 15 is 0 Å². The van der Waals surface area contributed by atoms with Crippen molar-refractivity contribution in [3.05, 3.63) is 71.1 Å². The summed E-state index contributed by atoms with van der Waals surface area (Å²) in [4.78, 5) is 18.1. The third-order valence-electron chi connectivity index (χ3n) is 4.77. The van der Waals surface area contributed by atoms with Gasteiger partial charge in [0.05, 0.1) is 19.0 Å². The lowest BCUT2D eigenvalue weighted by Crippen LogP contribution is -2.24. The van der Waals surface area contributed by atoms with Crippen molar-refractivity contribution in [1.82, 2.24) is 19.3 Å². The van der Waals surface area contributed by atoms with E-state index in [-0.39, 0.29) is 5.56 Å². The first kappa shape index (κ1) is 18.9. The van der Waals surface area contributed by atoms with Gasteiger partial charge >= 0.3 is 0 Å². The van der Waals surface area contributed by atoms with Crippen LogP contribution in [0.15, 0.2) is 65.6 Å². The number of methoxy groups -OCH3 is 2. The summed E-state index contributed by atoms with van der Waals surface area (Å²) in [6.45, 7) is 1.07. The molecule has 2 aromatic carbocycles. The molecule has 0 unspecified atom stereocenters. The van der Waals surface area contributed by atoms with Crippen LogP contribution in [0.3, 0.4) is 0 Å². The minimum Gasteiger partial charge on any atom is -0.497 e. The van der Waals surface area contributed by atoms with Crippen LogP contribution in [0.2, 0.25) is 0 Å². The highest BCUT2D eigenvalue weighted by Crippen LogP contribution is 2.23. The zero-order valence-corrected chi connectivity index (χ0v) is 16.4. The summed E-state index contributed by atoms with van der Waals surface area (Å²) in [6, 6.07) is 17.2. The molecule has 0 saturated heterocycles. The standard InChI is InChI=1S/C22H22N4O3/c1-28-14-6-13-25-20(16-9-11-18(29-2)12-10-16)24-21-19(22(25)27)15-23-26(21)17-7-4-3-5-8-17/h3-5,7-12,15H,6,13-14H2,1-2H3. The van der Waals surface area contributed by atoms with E-state index in [1.54, 1.807) is 29.7 Å². The maximum absolute atomic E-state index is 13.3. The van der Waals surface area contributed by atoms with Crippen molar-refractivity contribution < 1.29 is 9.47 Å². The van der Waals surface area contributed by atoms with Crippen molar-refractivity contribution in [3.63, 3.8) is 0 Å². The highest BCUT2D eigenvalue weighted by atomic mass is 16.5. The van der Waals surface area contributed by atoms with E-state index in [2.05, 4.69) is 5.10 Å². The number of hydrogen-bond donors (Lipinski definition) is 0. The normalized spacial score (nSPS) is 11.1. The lowest BCUT2D eigenvalue weighted by Gasteiger charge is -2.13. The minimum atomic E-state index is -0.112. The van der Waals surface area contributed by atoms with Gasteiger partial charge in [0.1, 0.15) is 17.0 Å². The van der Waals surface area contributed by atoms with Gasteiger partial charge < -0.3 is 9.47 Å². The fourth-order valence-corrected chi connectivity index (χ4v) is 3.30. The molecule has 0 radical (unpaired) electrons. The van der Waals surface area contributed by atoms with Crippen LogP contribution in [-0.2, 0) is 11.3 Å². The molecule has 2 aromatic heterocycles. The van der Waals surface area contributed by atoms with Gasteiger partial charge in [-0.3, -0.25) is 9.36 Å². The van der Waals surface area contributed by atoms with Gasteiger partial charge in [0.2, 0.25) is 0 Å². The second kappa shape index (κ2) is 8.28. The van der Waals surface area contributed by atoms with E-state index in [4.69, 9.17) is 14.5 Å². The van der Waals surface area contributed by atoms with E-state index in [0.717, 1.165) is 17.0 Å². The second-order valence-corrected chi connectivity index (χ2v) is 6.60. The summed E-state index contributed by atoms with van der Waals surface area (Å²) in [7, 11) is 3.27. The Morgan fingerprint density at radius 3 is 2.45 bits per heavy atom. The molecule has 7 heteroatoms. The van der Waals surface area contributed by atoms with E-state index in [9.17, 15) is 4.79 Å². The first-order valence-electron chi connectivity index (χ1n) is 9.40. The molecule has 2 heterocycles. The first-order chi connectivity index (χ1) is 14.2. The van der Waals surface area contributed by atoms with Crippen molar-refractivity contribution in [2.24, 2.45) is 0 Å². The van der Waals surface area contributed by atoms with Gasteiger partial charge in [0.25, 0.3) is 5.56 Å². The first-order valence-corrected chi connectivity index (χ1v) is 9.40. The molecule has 4 aromatic rings. The number of fused-ring (bicyclic) bond motifs is 1. The predicted octanol–water partition coefficient (Wildman–Crippen LogP) is 3.29. The molecule has 29 heavy (non-hydrogen) atoms.